The van der Waals surface area contributed by atoms with Crippen LogP contribution in [-0.4, -0.2) is 16.3 Å². The average molecular weight is 157 g/mol. The predicted molar refractivity (Wildman–Crippen MR) is 39.5 cm³/mol. The fraction of sp³-hybridized carbons (Fsp3) is 0.167. The molecule has 0 fully saturated rings. The lowest BCUT2D eigenvalue weighted by Gasteiger charge is -1.84. The predicted octanol–water partition coefficient (Wildman–Crippen LogP) is 1.26. The smallest absolute Gasteiger partial charge is 0.214 e. The number of nitrogens with zero attached hydrogens (tertiary/aromatic N) is 1. The van der Waals surface area contributed by atoms with Crippen LogP contribution in [0.1, 0.15) is 4.88 Å². The lowest BCUT2D eigenvalue weighted by atomic mass is 10.4. The van der Waals surface area contributed by atoms with Gasteiger partial charge in [0.15, 0.2) is 0 Å². The van der Waals surface area contributed by atoms with Gasteiger partial charge < -0.3 is 5.21 Å². The van der Waals surface area contributed by atoms with Crippen LogP contribution in [-0.2, 0) is 6.42 Å². The topological polar surface area (TPSA) is 46.3 Å². The van der Waals surface area contributed by atoms with Crippen molar-refractivity contribution in [2.24, 2.45) is 0 Å². The van der Waals surface area contributed by atoms with Gasteiger partial charge >= 0.3 is 0 Å². The van der Waals surface area contributed by atoms with E-state index in [-0.39, 0.29) is 4.90 Å². The number of hydrogen-bond acceptors (Lipinski definition) is 3. The van der Waals surface area contributed by atoms with E-state index in [2.05, 4.69) is 0 Å². The van der Waals surface area contributed by atoms with Gasteiger partial charge in [0.25, 0.3) is 0 Å². The Balaban J connectivity index is 2.49. The Morgan fingerprint density at radius 1 is 1.80 bits per heavy atom. The summed E-state index contributed by atoms with van der Waals surface area (Å²) in [6.45, 7) is 0. The molecule has 1 rings (SSSR count). The summed E-state index contributed by atoms with van der Waals surface area (Å²) in [5, 5.41) is 20.1. The van der Waals surface area contributed by atoms with E-state index < -0.39 is 0 Å². The molecule has 0 unspecified atom stereocenters. The second-order valence-electron chi connectivity index (χ2n) is 1.77. The highest BCUT2D eigenvalue weighted by Gasteiger charge is 1.93. The normalized spacial score (nSPS) is 11.8. The van der Waals surface area contributed by atoms with Gasteiger partial charge in [-0.15, -0.1) is 11.3 Å². The van der Waals surface area contributed by atoms with Gasteiger partial charge in [-0.1, -0.05) is 6.07 Å². The van der Waals surface area contributed by atoms with E-state index in [1.165, 1.54) is 6.21 Å². The van der Waals surface area contributed by atoms with Gasteiger partial charge in [-0.3, -0.25) is 5.21 Å². The first-order valence-corrected chi connectivity index (χ1v) is 3.68. The van der Waals surface area contributed by atoms with Crippen molar-refractivity contribution in [2.75, 3.05) is 0 Å². The summed E-state index contributed by atoms with van der Waals surface area (Å²) in [7, 11) is 0. The van der Waals surface area contributed by atoms with Crippen molar-refractivity contribution >= 4 is 17.6 Å². The maximum Gasteiger partial charge on any atom is 0.214 e. The van der Waals surface area contributed by atoms with E-state index in [0.717, 1.165) is 4.88 Å². The van der Waals surface area contributed by atoms with Crippen LogP contribution in [0.15, 0.2) is 17.5 Å². The van der Waals surface area contributed by atoms with Gasteiger partial charge in [0.2, 0.25) is 6.21 Å². The molecule has 1 N–H and O–H groups in total. The average Bonchev–Trinajstić information content (AvgIpc) is 2.34. The summed E-state index contributed by atoms with van der Waals surface area (Å²) < 4.78 is 0. The third-order valence-electron chi connectivity index (χ3n) is 1.03. The van der Waals surface area contributed by atoms with Gasteiger partial charge in [-0.25, -0.2) is 0 Å². The monoisotopic (exact) mass is 157 g/mol. The number of hydrogen-bond donors (Lipinski definition) is 1. The molecule has 0 bridgehead atoms. The molecule has 4 heteroatoms. The molecule has 54 valence electrons. The second-order valence-corrected chi connectivity index (χ2v) is 2.80. The SMILES string of the molecule is [O-][N+](O)=CCc1cccs1. The number of rotatable bonds is 2. The molecular weight excluding hydrogens is 150 g/mol. The Kier molecular flexibility index (Phi) is 2.28. The minimum atomic E-state index is -0.167. The van der Waals surface area contributed by atoms with E-state index in [4.69, 9.17) is 5.21 Å². The Morgan fingerprint density at radius 3 is 3.10 bits per heavy atom. The Labute approximate surface area is 62.4 Å². The zero-order chi connectivity index (χ0) is 7.40. The van der Waals surface area contributed by atoms with E-state index >= 15 is 0 Å². The van der Waals surface area contributed by atoms with Gasteiger partial charge in [0.1, 0.15) is 0 Å². The molecule has 0 saturated carbocycles. The van der Waals surface area contributed by atoms with E-state index in [1.54, 1.807) is 11.3 Å². The van der Waals surface area contributed by atoms with Crippen LogP contribution >= 0.6 is 11.3 Å². The zero-order valence-corrected chi connectivity index (χ0v) is 6.04. The lowest BCUT2D eigenvalue weighted by Crippen LogP contribution is -1.98. The Bertz CT molecular complexity index is 214. The van der Waals surface area contributed by atoms with Crippen LogP contribution < -0.4 is 0 Å². The molecule has 0 saturated heterocycles. The van der Waals surface area contributed by atoms with E-state index in [0.29, 0.717) is 6.42 Å². The molecule has 0 aliphatic rings. The molecule has 0 atom stereocenters. The van der Waals surface area contributed by atoms with Gasteiger partial charge in [-0.05, 0) is 11.4 Å². The third kappa shape index (κ3) is 2.06. The highest BCUT2D eigenvalue weighted by atomic mass is 32.1. The zero-order valence-electron chi connectivity index (χ0n) is 5.23. The standard InChI is InChI=1S/C6H7NO2S/c8-7(9)4-3-6-2-1-5-10-6/h1-2,4-5H,3H2,(H,8,9). The molecule has 0 aromatic carbocycles. The van der Waals surface area contributed by atoms with Crippen molar-refractivity contribution in [3.8, 4) is 0 Å². The fourth-order valence-electron chi connectivity index (χ4n) is 0.597. The van der Waals surface area contributed by atoms with Crippen LogP contribution in [0.3, 0.4) is 0 Å². The largest absolute Gasteiger partial charge is 0.418 e. The van der Waals surface area contributed by atoms with Crippen molar-refractivity contribution in [2.45, 2.75) is 6.42 Å². The maximum atomic E-state index is 9.96. The molecule has 1 heterocycles. The summed E-state index contributed by atoms with van der Waals surface area (Å²) in [6.07, 6.45) is 1.67. The number of thiophene rings is 1. The Hall–Kier alpha value is -1.03. The highest BCUT2D eigenvalue weighted by molar-refractivity contribution is 7.10. The first kappa shape index (κ1) is 7.08. The van der Waals surface area contributed by atoms with Gasteiger partial charge in [-0.2, -0.15) is 0 Å². The molecule has 1 aromatic rings. The molecule has 0 radical (unpaired) electrons. The molecular formula is C6H7NO2S. The minimum Gasteiger partial charge on any atom is -0.418 e. The van der Waals surface area contributed by atoms with Crippen LogP contribution in [0.2, 0.25) is 0 Å². The third-order valence-corrected chi connectivity index (χ3v) is 1.93. The lowest BCUT2D eigenvalue weighted by molar-refractivity contribution is -0.723. The van der Waals surface area contributed by atoms with Crippen molar-refractivity contribution in [3.63, 3.8) is 0 Å². The molecule has 10 heavy (non-hydrogen) atoms. The molecule has 0 aliphatic heterocycles. The van der Waals surface area contributed by atoms with Crippen LogP contribution in [0, 0.1) is 5.21 Å². The summed E-state index contributed by atoms with van der Waals surface area (Å²) in [4.78, 5) is 0.898. The summed E-state index contributed by atoms with van der Waals surface area (Å²) in [5.41, 5.74) is 0. The van der Waals surface area contributed by atoms with Crippen molar-refractivity contribution < 1.29 is 10.1 Å². The van der Waals surface area contributed by atoms with E-state index in [1.807, 2.05) is 17.5 Å². The highest BCUT2D eigenvalue weighted by Crippen LogP contribution is 2.07. The Morgan fingerprint density at radius 2 is 2.60 bits per heavy atom. The van der Waals surface area contributed by atoms with Crippen LogP contribution in [0.4, 0.5) is 0 Å². The maximum absolute atomic E-state index is 9.96. The fourth-order valence-corrected chi connectivity index (χ4v) is 1.26. The minimum absolute atomic E-state index is 0.167. The molecule has 3 nitrogen and oxygen atoms in total. The second kappa shape index (κ2) is 3.22. The van der Waals surface area contributed by atoms with E-state index in [9.17, 15) is 5.21 Å². The van der Waals surface area contributed by atoms with Crippen molar-refractivity contribution in [1.82, 2.24) is 0 Å². The quantitative estimate of drug-likeness (QED) is 0.304. The van der Waals surface area contributed by atoms with Crippen molar-refractivity contribution in [1.29, 1.82) is 0 Å². The molecule has 0 amide bonds. The van der Waals surface area contributed by atoms with Gasteiger partial charge in [0.05, 0.1) is 6.42 Å². The molecule has 0 aliphatic carbocycles. The first-order chi connectivity index (χ1) is 4.79. The van der Waals surface area contributed by atoms with Gasteiger partial charge in [0, 0.05) is 9.78 Å². The summed E-state index contributed by atoms with van der Waals surface area (Å²) in [5.74, 6) is 0. The first-order valence-electron chi connectivity index (χ1n) is 2.80. The van der Waals surface area contributed by atoms with Crippen molar-refractivity contribution in [3.05, 3.63) is 27.6 Å². The van der Waals surface area contributed by atoms with Crippen LogP contribution in [0.25, 0.3) is 0 Å². The van der Waals surface area contributed by atoms with Crippen LogP contribution in [0.5, 0.6) is 0 Å². The molecule has 0 spiro atoms. The summed E-state index contributed by atoms with van der Waals surface area (Å²) >= 11 is 1.56. The summed E-state index contributed by atoms with van der Waals surface area (Å²) in [6, 6.07) is 3.81. The molecule has 1 aromatic heterocycles.